The monoisotopic (exact) mass is 561 g/mol. The average molecular weight is 562 g/mol. The van der Waals surface area contributed by atoms with Crippen LogP contribution in [-0.2, 0) is 19.1 Å². The summed E-state index contributed by atoms with van der Waals surface area (Å²) in [7, 11) is 5.85. The van der Waals surface area contributed by atoms with Gasteiger partial charge in [-0.2, -0.15) is 0 Å². The van der Waals surface area contributed by atoms with Gasteiger partial charge in [-0.05, 0) is 48.9 Å². The van der Waals surface area contributed by atoms with Gasteiger partial charge in [0.25, 0.3) is 5.91 Å². The van der Waals surface area contributed by atoms with E-state index in [1.54, 1.807) is 55.7 Å². The van der Waals surface area contributed by atoms with Crippen molar-refractivity contribution in [2.75, 3.05) is 45.2 Å². The summed E-state index contributed by atoms with van der Waals surface area (Å²) in [6.45, 7) is 1.15. The molecular weight excluding hydrogens is 526 g/mol. The maximum absolute atomic E-state index is 14.2. The highest BCUT2D eigenvalue weighted by Crippen LogP contribution is 2.30. The summed E-state index contributed by atoms with van der Waals surface area (Å²) in [5.74, 6) is 0.0763. The van der Waals surface area contributed by atoms with Gasteiger partial charge in [0.05, 0.1) is 34.1 Å². The van der Waals surface area contributed by atoms with Gasteiger partial charge in [-0.1, -0.05) is 42.5 Å². The summed E-state index contributed by atoms with van der Waals surface area (Å²) >= 11 is 0. The molecule has 2 N–H and O–H groups in total. The fourth-order valence-corrected chi connectivity index (χ4v) is 3.94. The van der Waals surface area contributed by atoms with Crippen molar-refractivity contribution in [3.8, 4) is 17.2 Å². The average Bonchev–Trinajstić information content (AvgIpc) is 3.01. The van der Waals surface area contributed by atoms with Crippen LogP contribution in [0.25, 0.3) is 6.08 Å². The van der Waals surface area contributed by atoms with E-state index in [2.05, 4.69) is 10.6 Å². The van der Waals surface area contributed by atoms with E-state index in [9.17, 15) is 14.4 Å². The minimum Gasteiger partial charge on any atom is -0.497 e. The summed E-state index contributed by atoms with van der Waals surface area (Å²) in [5, 5.41) is 5.83. The normalized spacial score (nSPS) is 12.1. The van der Waals surface area contributed by atoms with Crippen molar-refractivity contribution in [3.63, 3.8) is 0 Å². The van der Waals surface area contributed by atoms with E-state index in [4.69, 9.17) is 18.9 Å². The third kappa shape index (κ3) is 8.50. The fraction of sp³-hybridized carbons (Fsp3) is 0.258. The molecule has 0 aliphatic heterocycles. The second-order valence-corrected chi connectivity index (χ2v) is 8.89. The molecule has 0 bridgehead atoms. The smallest absolute Gasteiger partial charge is 0.328 e. The number of methoxy groups -OCH3 is 4. The Hall–Kier alpha value is -4.99. The molecule has 10 heteroatoms. The largest absolute Gasteiger partial charge is 0.497 e. The first kappa shape index (κ1) is 30.6. The van der Waals surface area contributed by atoms with E-state index in [-0.39, 0.29) is 6.54 Å². The number of ether oxygens (including phenoxy) is 4. The summed E-state index contributed by atoms with van der Waals surface area (Å²) in [4.78, 5) is 40.4. The van der Waals surface area contributed by atoms with Crippen LogP contribution in [0.2, 0.25) is 0 Å². The number of esters is 1. The number of hydrogen-bond donors (Lipinski definition) is 2. The highest BCUT2D eigenvalue weighted by atomic mass is 16.5. The van der Waals surface area contributed by atoms with Crippen LogP contribution in [0.4, 0.5) is 11.4 Å². The molecular formula is C31H35N3O7. The van der Waals surface area contributed by atoms with E-state index in [0.717, 1.165) is 5.56 Å². The number of benzene rings is 3. The number of rotatable bonds is 13. The fourth-order valence-electron chi connectivity index (χ4n) is 3.94. The number of carbonyl (C=O) groups is 3. The van der Waals surface area contributed by atoms with Crippen LogP contribution < -0.4 is 29.7 Å². The Bertz CT molecular complexity index is 1340. The number of amides is 2. The molecule has 0 fully saturated rings. The second-order valence-electron chi connectivity index (χ2n) is 8.89. The third-order valence-electron chi connectivity index (χ3n) is 6.15. The SMILES string of the molecule is COC(=O)[C@@H](C)NC(=O)CN(C(=O)[C@H](/C=C/c1ccccc1)Nc1ccc(OC)cc1OC)c1ccc(OC)cc1. The minimum absolute atomic E-state index is 0.358. The standard InChI is InChI=1S/C31H35N3O7/c1-21(31(37)41-5)32-29(35)20-34(23-12-14-24(38-2)15-13-23)30(36)27(17-11-22-9-7-6-8-10-22)33-26-18-16-25(39-3)19-28(26)40-4/h6-19,21,27,33H,20H2,1-5H3,(H,32,35)/b17-11+/t21-,27+/m1/s1. The van der Waals surface area contributed by atoms with Crippen molar-refractivity contribution >= 4 is 35.2 Å². The molecule has 10 nitrogen and oxygen atoms in total. The Morgan fingerprint density at radius 2 is 1.51 bits per heavy atom. The van der Waals surface area contributed by atoms with E-state index < -0.39 is 29.9 Å². The molecule has 0 radical (unpaired) electrons. The molecule has 0 spiro atoms. The summed E-state index contributed by atoms with van der Waals surface area (Å²) in [5.41, 5.74) is 1.88. The van der Waals surface area contributed by atoms with Crippen LogP contribution in [0, 0.1) is 0 Å². The molecule has 3 rings (SSSR count). The van der Waals surface area contributed by atoms with Crippen LogP contribution in [-0.4, -0.2) is 64.9 Å². The molecule has 3 aromatic rings. The van der Waals surface area contributed by atoms with Crippen molar-refractivity contribution < 1.29 is 33.3 Å². The lowest BCUT2D eigenvalue weighted by atomic mass is 10.1. The number of nitrogens with zero attached hydrogens (tertiary/aromatic N) is 1. The molecule has 0 saturated carbocycles. The zero-order valence-electron chi connectivity index (χ0n) is 23.7. The maximum atomic E-state index is 14.2. The van der Waals surface area contributed by atoms with Gasteiger partial charge in [-0.3, -0.25) is 9.59 Å². The molecule has 3 aromatic carbocycles. The number of anilines is 2. The van der Waals surface area contributed by atoms with Crippen molar-refractivity contribution in [3.05, 3.63) is 84.4 Å². The van der Waals surface area contributed by atoms with E-state index in [1.807, 2.05) is 36.4 Å². The number of nitrogens with one attached hydrogen (secondary N) is 2. The highest BCUT2D eigenvalue weighted by Gasteiger charge is 2.28. The molecule has 0 saturated heterocycles. The Balaban J connectivity index is 2.01. The van der Waals surface area contributed by atoms with Gasteiger partial charge in [0.2, 0.25) is 5.91 Å². The topological polar surface area (TPSA) is 115 Å². The Morgan fingerprint density at radius 3 is 2.12 bits per heavy atom. The van der Waals surface area contributed by atoms with Gasteiger partial charge in [0, 0.05) is 11.8 Å². The van der Waals surface area contributed by atoms with E-state index in [1.165, 1.54) is 33.2 Å². The predicted molar refractivity (Wildman–Crippen MR) is 157 cm³/mol. The molecule has 0 aromatic heterocycles. The van der Waals surface area contributed by atoms with Crippen LogP contribution in [0.15, 0.2) is 78.9 Å². The van der Waals surface area contributed by atoms with Crippen LogP contribution in [0.3, 0.4) is 0 Å². The lowest BCUT2D eigenvalue weighted by Crippen LogP contribution is -2.49. The van der Waals surface area contributed by atoms with Gasteiger partial charge >= 0.3 is 5.97 Å². The number of hydrogen-bond acceptors (Lipinski definition) is 8. The summed E-state index contributed by atoms with van der Waals surface area (Å²) in [6.07, 6.45) is 3.53. The van der Waals surface area contributed by atoms with Crippen molar-refractivity contribution in [2.45, 2.75) is 19.0 Å². The zero-order valence-corrected chi connectivity index (χ0v) is 23.7. The molecule has 0 aliphatic rings. The summed E-state index contributed by atoms with van der Waals surface area (Å²) < 4.78 is 20.8. The predicted octanol–water partition coefficient (Wildman–Crippen LogP) is 3.92. The van der Waals surface area contributed by atoms with Crippen LogP contribution >= 0.6 is 0 Å². The quantitative estimate of drug-likeness (QED) is 0.302. The Labute approximate surface area is 239 Å². The van der Waals surface area contributed by atoms with Crippen LogP contribution in [0.1, 0.15) is 12.5 Å². The molecule has 0 heterocycles. The van der Waals surface area contributed by atoms with Gasteiger partial charge in [0.15, 0.2) is 0 Å². The highest BCUT2D eigenvalue weighted by molar-refractivity contribution is 6.04. The lowest BCUT2D eigenvalue weighted by molar-refractivity contribution is -0.144. The van der Waals surface area contributed by atoms with Crippen LogP contribution in [0.5, 0.6) is 17.2 Å². The Kier molecular flexibility index (Phi) is 11.2. The molecule has 0 aliphatic carbocycles. The molecule has 2 amide bonds. The lowest BCUT2D eigenvalue weighted by Gasteiger charge is -2.28. The first-order chi connectivity index (χ1) is 19.8. The maximum Gasteiger partial charge on any atom is 0.328 e. The molecule has 2 atom stereocenters. The van der Waals surface area contributed by atoms with Crippen molar-refractivity contribution in [1.82, 2.24) is 5.32 Å². The first-order valence-electron chi connectivity index (χ1n) is 12.8. The van der Waals surface area contributed by atoms with Crippen molar-refractivity contribution in [1.29, 1.82) is 0 Å². The van der Waals surface area contributed by atoms with Gasteiger partial charge in [-0.25, -0.2) is 4.79 Å². The summed E-state index contributed by atoms with van der Waals surface area (Å²) in [6, 6.07) is 19.6. The first-order valence-corrected chi connectivity index (χ1v) is 12.8. The zero-order chi connectivity index (χ0) is 29.8. The second kappa shape index (κ2) is 15.0. The van der Waals surface area contributed by atoms with Gasteiger partial charge < -0.3 is 34.5 Å². The number of carbonyl (C=O) groups excluding carboxylic acids is 3. The third-order valence-corrected chi connectivity index (χ3v) is 6.15. The molecule has 216 valence electrons. The molecule has 41 heavy (non-hydrogen) atoms. The van der Waals surface area contributed by atoms with E-state index in [0.29, 0.717) is 28.6 Å². The Morgan fingerprint density at radius 1 is 0.854 bits per heavy atom. The van der Waals surface area contributed by atoms with Gasteiger partial charge in [0.1, 0.15) is 35.9 Å². The van der Waals surface area contributed by atoms with E-state index >= 15 is 0 Å². The minimum atomic E-state index is -0.926. The van der Waals surface area contributed by atoms with Gasteiger partial charge in [-0.15, -0.1) is 0 Å². The van der Waals surface area contributed by atoms with Crippen molar-refractivity contribution in [2.24, 2.45) is 0 Å². The molecule has 0 unspecified atom stereocenters.